The highest BCUT2D eigenvalue weighted by Crippen LogP contribution is 2.25. The van der Waals surface area contributed by atoms with Gasteiger partial charge < -0.3 is 15.0 Å². The maximum absolute atomic E-state index is 10.9. The molecular weight excluding hydrogens is 204 g/mol. The Morgan fingerprint density at radius 3 is 2.88 bits per heavy atom. The number of rotatable bonds is 2. The number of benzene rings is 1. The van der Waals surface area contributed by atoms with Crippen LogP contribution in [0.1, 0.15) is 20.1 Å². The number of hydrogen-bond donors (Lipinski definition) is 1. The van der Waals surface area contributed by atoms with E-state index in [2.05, 4.69) is 0 Å². The average Bonchev–Trinajstić information content (AvgIpc) is 2.61. The summed E-state index contributed by atoms with van der Waals surface area (Å²) < 4.78 is 7.01. The number of nitrogens with zero attached hydrogens (tertiary/aromatic N) is 1. The van der Waals surface area contributed by atoms with E-state index >= 15 is 0 Å². The molecule has 0 saturated heterocycles. The molecule has 0 aliphatic heterocycles. The Labute approximate surface area is 93.6 Å². The fourth-order valence-corrected chi connectivity index (χ4v) is 1.83. The molecule has 16 heavy (non-hydrogen) atoms. The van der Waals surface area contributed by atoms with Crippen molar-refractivity contribution in [1.29, 1.82) is 0 Å². The molecule has 0 radical (unpaired) electrons. The lowest BCUT2D eigenvalue weighted by Crippen LogP contribution is -2.11. The molecule has 1 aromatic carbocycles. The smallest absolute Gasteiger partial charge is 0.304 e. The Bertz CT molecular complexity index is 531. The van der Waals surface area contributed by atoms with Crippen molar-refractivity contribution in [2.45, 2.75) is 20.1 Å². The van der Waals surface area contributed by atoms with Gasteiger partial charge in [-0.05, 0) is 25.1 Å². The molecule has 2 aromatic rings. The van der Waals surface area contributed by atoms with Crippen LogP contribution in [0.25, 0.3) is 10.9 Å². The Hall–Kier alpha value is -1.97. The first-order chi connectivity index (χ1) is 7.59. The molecule has 0 amide bonds. The van der Waals surface area contributed by atoms with Crippen LogP contribution in [0.2, 0.25) is 0 Å². The molecule has 4 heteroatoms. The molecule has 1 heterocycles. The average molecular weight is 218 g/mol. The molecule has 0 saturated carbocycles. The van der Waals surface area contributed by atoms with E-state index in [1.165, 1.54) is 6.92 Å². The zero-order valence-electron chi connectivity index (χ0n) is 9.31. The van der Waals surface area contributed by atoms with Crippen LogP contribution in [0.5, 0.6) is 0 Å². The minimum Gasteiger partial charge on any atom is -0.442 e. The van der Waals surface area contributed by atoms with Gasteiger partial charge in [0.05, 0.1) is 5.52 Å². The molecule has 0 bridgehead atoms. The first kappa shape index (κ1) is 10.5. The molecule has 0 aliphatic rings. The van der Waals surface area contributed by atoms with E-state index in [9.17, 15) is 4.79 Å². The molecule has 84 valence electrons. The van der Waals surface area contributed by atoms with Crippen LogP contribution in [0.15, 0.2) is 30.5 Å². The zero-order valence-corrected chi connectivity index (χ0v) is 9.31. The molecule has 0 fully saturated rings. The first-order valence-electron chi connectivity index (χ1n) is 5.12. The molecule has 2 N–H and O–H groups in total. The van der Waals surface area contributed by atoms with Gasteiger partial charge in [-0.15, -0.1) is 0 Å². The second-order valence-electron chi connectivity index (χ2n) is 3.71. The van der Waals surface area contributed by atoms with Crippen LogP contribution >= 0.6 is 0 Å². The number of fused-ring (bicyclic) bond motifs is 1. The predicted molar refractivity (Wildman–Crippen MR) is 62.8 cm³/mol. The van der Waals surface area contributed by atoms with Crippen molar-refractivity contribution in [3.63, 3.8) is 0 Å². The monoisotopic (exact) mass is 218 g/mol. The molecule has 1 aromatic heterocycles. The number of nitrogens with two attached hydrogens (primary N) is 1. The van der Waals surface area contributed by atoms with E-state index in [1.807, 2.05) is 42.0 Å². The van der Waals surface area contributed by atoms with Crippen molar-refractivity contribution in [3.8, 4) is 0 Å². The van der Waals surface area contributed by atoms with Gasteiger partial charge in [-0.25, -0.2) is 0 Å². The molecule has 4 nitrogen and oxygen atoms in total. The third kappa shape index (κ3) is 1.74. The minimum atomic E-state index is -0.322. The number of nitrogen functional groups attached to an aromatic ring is 1. The molecule has 0 spiro atoms. The number of carbonyl (C=O) groups is 1. The second kappa shape index (κ2) is 3.89. The van der Waals surface area contributed by atoms with Crippen molar-refractivity contribution in [2.75, 3.05) is 5.73 Å². The molecule has 0 aliphatic carbocycles. The van der Waals surface area contributed by atoms with Gasteiger partial charge in [-0.1, -0.05) is 6.07 Å². The Morgan fingerprint density at radius 2 is 2.19 bits per heavy atom. The van der Waals surface area contributed by atoms with E-state index in [-0.39, 0.29) is 12.2 Å². The summed E-state index contributed by atoms with van der Waals surface area (Å²) in [5.74, 6) is -0.293. The van der Waals surface area contributed by atoms with Crippen LogP contribution < -0.4 is 5.73 Å². The standard InChI is InChI=1S/C12H14N2O2/c1-8(16-9(2)15)14-7-6-10-11(13)4-3-5-12(10)14/h3-8H,13H2,1-2H3. The van der Waals surface area contributed by atoms with E-state index in [0.29, 0.717) is 0 Å². The number of hydrogen-bond acceptors (Lipinski definition) is 3. The topological polar surface area (TPSA) is 57.2 Å². The summed E-state index contributed by atoms with van der Waals surface area (Å²) in [6.07, 6.45) is 1.55. The Morgan fingerprint density at radius 1 is 1.44 bits per heavy atom. The number of anilines is 1. The minimum absolute atomic E-state index is 0.293. The fourth-order valence-electron chi connectivity index (χ4n) is 1.83. The molecule has 1 unspecified atom stereocenters. The van der Waals surface area contributed by atoms with Gasteiger partial charge in [0.2, 0.25) is 0 Å². The Balaban J connectivity index is 2.46. The van der Waals surface area contributed by atoms with Gasteiger partial charge in [0, 0.05) is 24.2 Å². The van der Waals surface area contributed by atoms with Gasteiger partial charge in [-0.3, -0.25) is 4.79 Å². The summed E-state index contributed by atoms with van der Waals surface area (Å²) in [6, 6.07) is 7.61. The normalized spacial score (nSPS) is 12.6. The molecule has 2 rings (SSSR count). The van der Waals surface area contributed by atoms with Crippen molar-refractivity contribution in [3.05, 3.63) is 30.5 Å². The summed E-state index contributed by atoms with van der Waals surface area (Å²) in [6.45, 7) is 3.22. The summed E-state index contributed by atoms with van der Waals surface area (Å²) in [5.41, 5.74) is 7.54. The highest BCUT2D eigenvalue weighted by molar-refractivity contribution is 5.91. The van der Waals surface area contributed by atoms with Crippen LogP contribution in [-0.4, -0.2) is 10.5 Å². The van der Waals surface area contributed by atoms with E-state index in [0.717, 1.165) is 16.6 Å². The number of carbonyl (C=O) groups excluding carboxylic acids is 1. The van der Waals surface area contributed by atoms with E-state index < -0.39 is 0 Å². The second-order valence-corrected chi connectivity index (χ2v) is 3.71. The van der Waals surface area contributed by atoms with E-state index in [4.69, 9.17) is 10.5 Å². The highest BCUT2D eigenvalue weighted by atomic mass is 16.6. The number of esters is 1. The SMILES string of the molecule is CC(=O)OC(C)n1ccc2c(N)cccc21. The maximum Gasteiger partial charge on any atom is 0.304 e. The van der Waals surface area contributed by atoms with Crippen LogP contribution in [0.4, 0.5) is 5.69 Å². The summed E-state index contributed by atoms with van der Waals surface area (Å²) in [5, 5.41) is 0.974. The molecule has 1 atom stereocenters. The van der Waals surface area contributed by atoms with Crippen molar-refractivity contribution in [2.24, 2.45) is 0 Å². The van der Waals surface area contributed by atoms with Gasteiger partial charge in [-0.2, -0.15) is 0 Å². The number of ether oxygens (including phenoxy) is 1. The van der Waals surface area contributed by atoms with Crippen molar-refractivity contribution >= 4 is 22.6 Å². The third-order valence-corrected chi connectivity index (χ3v) is 2.53. The fraction of sp³-hybridized carbons (Fsp3) is 0.250. The van der Waals surface area contributed by atoms with Crippen LogP contribution in [0, 0.1) is 0 Å². The Kier molecular flexibility index (Phi) is 2.56. The van der Waals surface area contributed by atoms with Gasteiger partial charge in [0.25, 0.3) is 0 Å². The van der Waals surface area contributed by atoms with Crippen molar-refractivity contribution < 1.29 is 9.53 Å². The lowest BCUT2D eigenvalue weighted by atomic mass is 10.2. The van der Waals surface area contributed by atoms with Crippen molar-refractivity contribution in [1.82, 2.24) is 4.57 Å². The van der Waals surface area contributed by atoms with Gasteiger partial charge >= 0.3 is 5.97 Å². The number of aromatic nitrogens is 1. The lowest BCUT2D eigenvalue weighted by Gasteiger charge is -2.15. The van der Waals surface area contributed by atoms with E-state index in [1.54, 1.807) is 0 Å². The molecular formula is C12H14N2O2. The summed E-state index contributed by atoms with van der Waals surface area (Å²) in [7, 11) is 0. The predicted octanol–water partition coefficient (Wildman–Crippen LogP) is 2.31. The third-order valence-electron chi connectivity index (χ3n) is 2.53. The van der Waals surface area contributed by atoms with Crippen LogP contribution in [-0.2, 0) is 9.53 Å². The quantitative estimate of drug-likeness (QED) is 0.621. The lowest BCUT2D eigenvalue weighted by molar-refractivity contribution is -0.149. The largest absolute Gasteiger partial charge is 0.442 e. The summed E-state index contributed by atoms with van der Waals surface area (Å²) in [4.78, 5) is 10.9. The van der Waals surface area contributed by atoms with Gasteiger partial charge in [0.1, 0.15) is 0 Å². The maximum atomic E-state index is 10.9. The first-order valence-corrected chi connectivity index (χ1v) is 5.12. The summed E-state index contributed by atoms with van der Waals surface area (Å²) >= 11 is 0. The highest BCUT2D eigenvalue weighted by Gasteiger charge is 2.11. The van der Waals surface area contributed by atoms with Gasteiger partial charge in [0.15, 0.2) is 6.23 Å². The van der Waals surface area contributed by atoms with Crippen LogP contribution in [0.3, 0.4) is 0 Å². The zero-order chi connectivity index (χ0) is 11.7.